The Morgan fingerprint density at radius 3 is 2.62 bits per heavy atom. The van der Waals surface area contributed by atoms with Crippen molar-refractivity contribution in [1.82, 2.24) is 0 Å². The Bertz CT molecular complexity index is 433. The van der Waals surface area contributed by atoms with Gasteiger partial charge in [-0.2, -0.15) is 8.42 Å². The summed E-state index contributed by atoms with van der Waals surface area (Å²) in [5.41, 5.74) is 7.08. The molecule has 1 aromatic carbocycles. The molecule has 1 rings (SSSR count). The Kier molecular flexibility index (Phi) is 5.40. The van der Waals surface area contributed by atoms with Crippen molar-refractivity contribution in [3.05, 3.63) is 35.4 Å². The standard InChI is InChI=1S/C10H14BrNO3S/c11-4-5-15-16(13,14)8-10-3-1-2-9(6-10)7-12/h1-3,6H,4-5,7-8,12H2. The van der Waals surface area contributed by atoms with Gasteiger partial charge in [-0.25, -0.2) is 0 Å². The van der Waals surface area contributed by atoms with Crippen LogP contribution in [0, 0.1) is 0 Å². The zero-order chi connectivity index (χ0) is 12.0. The van der Waals surface area contributed by atoms with Crippen LogP contribution in [0.25, 0.3) is 0 Å². The first kappa shape index (κ1) is 13.6. The lowest BCUT2D eigenvalue weighted by Gasteiger charge is -2.05. The minimum atomic E-state index is -3.49. The van der Waals surface area contributed by atoms with Crippen molar-refractivity contribution in [2.75, 3.05) is 11.9 Å². The van der Waals surface area contributed by atoms with E-state index < -0.39 is 10.1 Å². The second kappa shape index (κ2) is 6.34. The molecule has 0 fully saturated rings. The molecule has 0 bridgehead atoms. The van der Waals surface area contributed by atoms with Gasteiger partial charge in [0.2, 0.25) is 0 Å². The quantitative estimate of drug-likeness (QED) is 0.637. The molecule has 0 amide bonds. The predicted molar refractivity (Wildman–Crippen MR) is 66.7 cm³/mol. The van der Waals surface area contributed by atoms with Crippen molar-refractivity contribution in [3.8, 4) is 0 Å². The third-order valence-corrected chi connectivity index (χ3v) is 3.45. The lowest BCUT2D eigenvalue weighted by atomic mass is 10.1. The molecule has 0 unspecified atom stereocenters. The summed E-state index contributed by atoms with van der Waals surface area (Å²) in [6, 6.07) is 7.16. The van der Waals surface area contributed by atoms with Gasteiger partial charge in [-0.3, -0.25) is 4.18 Å². The predicted octanol–water partition coefficient (Wildman–Crippen LogP) is 1.39. The van der Waals surface area contributed by atoms with Crippen molar-refractivity contribution >= 4 is 26.0 Å². The molecule has 0 aliphatic heterocycles. The fourth-order valence-electron chi connectivity index (χ4n) is 1.25. The molecule has 4 nitrogen and oxygen atoms in total. The molecule has 0 saturated heterocycles. The fourth-order valence-corrected chi connectivity index (χ4v) is 2.64. The smallest absolute Gasteiger partial charge is 0.271 e. The highest BCUT2D eigenvalue weighted by Gasteiger charge is 2.12. The van der Waals surface area contributed by atoms with Gasteiger partial charge in [-0.15, -0.1) is 0 Å². The van der Waals surface area contributed by atoms with Gasteiger partial charge in [-0.1, -0.05) is 40.2 Å². The highest BCUT2D eigenvalue weighted by molar-refractivity contribution is 9.09. The molecule has 0 saturated carbocycles. The summed E-state index contributed by atoms with van der Waals surface area (Å²) in [7, 11) is -3.49. The molecule has 0 aliphatic carbocycles. The van der Waals surface area contributed by atoms with Crippen LogP contribution in [0.3, 0.4) is 0 Å². The first-order valence-electron chi connectivity index (χ1n) is 4.78. The third kappa shape index (κ3) is 4.61. The van der Waals surface area contributed by atoms with Crippen LogP contribution in [-0.2, 0) is 26.6 Å². The molecule has 90 valence electrons. The maximum Gasteiger partial charge on any atom is 0.271 e. The normalized spacial score (nSPS) is 11.6. The van der Waals surface area contributed by atoms with Crippen molar-refractivity contribution < 1.29 is 12.6 Å². The number of hydrogen-bond donors (Lipinski definition) is 1. The van der Waals surface area contributed by atoms with Crippen LogP contribution in [-0.4, -0.2) is 20.4 Å². The summed E-state index contributed by atoms with van der Waals surface area (Å²) >= 11 is 3.10. The highest BCUT2D eigenvalue weighted by Crippen LogP contribution is 2.10. The first-order chi connectivity index (χ1) is 7.57. The molecule has 2 N–H and O–H groups in total. The van der Waals surface area contributed by atoms with Gasteiger partial charge >= 0.3 is 0 Å². The molecule has 0 aliphatic rings. The van der Waals surface area contributed by atoms with Crippen LogP contribution < -0.4 is 5.73 Å². The molecule has 16 heavy (non-hydrogen) atoms. The van der Waals surface area contributed by atoms with Crippen molar-refractivity contribution in [1.29, 1.82) is 0 Å². The second-order valence-electron chi connectivity index (χ2n) is 3.24. The average molecular weight is 308 g/mol. The summed E-state index contributed by atoms with van der Waals surface area (Å²) in [5.74, 6) is -0.117. The number of halogens is 1. The molecule has 0 spiro atoms. The summed E-state index contributed by atoms with van der Waals surface area (Å²) in [4.78, 5) is 0. The van der Waals surface area contributed by atoms with Crippen LogP contribution in [0.4, 0.5) is 0 Å². The highest BCUT2D eigenvalue weighted by atomic mass is 79.9. The van der Waals surface area contributed by atoms with Gasteiger partial charge in [0, 0.05) is 11.9 Å². The topological polar surface area (TPSA) is 69.4 Å². The Hall–Kier alpha value is -0.430. The summed E-state index contributed by atoms with van der Waals surface area (Å²) < 4.78 is 27.7. The minimum Gasteiger partial charge on any atom is -0.326 e. The number of benzene rings is 1. The van der Waals surface area contributed by atoms with Crippen molar-refractivity contribution in [3.63, 3.8) is 0 Å². The monoisotopic (exact) mass is 307 g/mol. The number of alkyl halides is 1. The van der Waals surface area contributed by atoms with Gasteiger partial charge in [0.15, 0.2) is 0 Å². The van der Waals surface area contributed by atoms with Crippen LogP contribution in [0.5, 0.6) is 0 Å². The lowest BCUT2D eigenvalue weighted by molar-refractivity contribution is 0.341. The molecule has 1 aromatic rings. The maximum absolute atomic E-state index is 11.5. The Balaban J connectivity index is 2.72. The van der Waals surface area contributed by atoms with E-state index in [1.165, 1.54) is 0 Å². The first-order valence-corrected chi connectivity index (χ1v) is 7.48. The fraction of sp³-hybridized carbons (Fsp3) is 0.400. The summed E-state index contributed by atoms with van der Waals surface area (Å²) in [6.45, 7) is 0.551. The molecule has 0 atom stereocenters. The Morgan fingerprint density at radius 1 is 1.31 bits per heavy atom. The Labute approximate surface area is 104 Å². The van der Waals surface area contributed by atoms with E-state index in [4.69, 9.17) is 9.92 Å². The van der Waals surface area contributed by atoms with Gasteiger partial charge in [0.1, 0.15) is 5.75 Å². The third-order valence-electron chi connectivity index (χ3n) is 1.91. The number of nitrogens with two attached hydrogens (primary N) is 1. The second-order valence-corrected chi connectivity index (χ2v) is 5.67. The lowest BCUT2D eigenvalue weighted by Crippen LogP contribution is -2.10. The molecule has 6 heteroatoms. The summed E-state index contributed by atoms with van der Waals surface area (Å²) in [5, 5.41) is 0.495. The van der Waals surface area contributed by atoms with E-state index in [2.05, 4.69) is 15.9 Å². The molecular weight excluding hydrogens is 294 g/mol. The van der Waals surface area contributed by atoms with E-state index >= 15 is 0 Å². The van der Waals surface area contributed by atoms with E-state index in [1.807, 2.05) is 6.07 Å². The average Bonchev–Trinajstić information content (AvgIpc) is 2.26. The largest absolute Gasteiger partial charge is 0.326 e. The maximum atomic E-state index is 11.5. The van der Waals surface area contributed by atoms with Crippen LogP contribution in [0.15, 0.2) is 24.3 Å². The number of hydrogen-bond acceptors (Lipinski definition) is 4. The van der Waals surface area contributed by atoms with Gasteiger partial charge < -0.3 is 5.73 Å². The van der Waals surface area contributed by atoms with Gasteiger partial charge in [-0.05, 0) is 11.1 Å². The molecule has 0 heterocycles. The van der Waals surface area contributed by atoms with Gasteiger partial charge in [0.05, 0.1) is 6.61 Å². The van der Waals surface area contributed by atoms with E-state index in [1.54, 1.807) is 18.2 Å². The SMILES string of the molecule is NCc1cccc(CS(=O)(=O)OCCBr)c1. The Morgan fingerprint density at radius 2 is 2.00 bits per heavy atom. The van der Waals surface area contributed by atoms with Crippen LogP contribution in [0.1, 0.15) is 11.1 Å². The molecule has 0 aromatic heterocycles. The summed E-state index contributed by atoms with van der Waals surface area (Å²) in [6.07, 6.45) is 0. The zero-order valence-corrected chi connectivity index (χ0v) is 11.1. The van der Waals surface area contributed by atoms with Crippen molar-refractivity contribution in [2.24, 2.45) is 5.73 Å². The van der Waals surface area contributed by atoms with Crippen LogP contribution >= 0.6 is 15.9 Å². The van der Waals surface area contributed by atoms with Crippen molar-refractivity contribution in [2.45, 2.75) is 12.3 Å². The number of rotatable bonds is 6. The van der Waals surface area contributed by atoms with Gasteiger partial charge in [0.25, 0.3) is 10.1 Å². The van der Waals surface area contributed by atoms with E-state index in [-0.39, 0.29) is 12.4 Å². The zero-order valence-electron chi connectivity index (χ0n) is 8.73. The van der Waals surface area contributed by atoms with E-state index in [0.717, 1.165) is 5.56 Å². The molecule has 0 radical (unpaired) electrons. The van der Waals surface area contributed by atoms with E-state index in [9.17, 15) is 8.42 Å². The molecular formula is C10H14BrNO3S. The van der Waals surface area contributed by atoms with Crippen LogP contribution in [0.2, 0.25) is 0 Å². The minimum absolute atomic E-state index is 0.117. The van der Waals surface area contributed by atoms with E-state index in [0.29, 0.717) is 17.4 Å².